The number of nitrogens with one attached hydrogen (secondary N) is 1. The second kappa shape index (κ2) is 6.99. The summed E-state index contributed by atoms with van der Waals surface area (Å²) in [5, 5.41) is 2.92. The first-order valence-corrected chi connectivity index (χ1v) is 5.95. The number of aromatic nitrogens is 1. The standard InChI is InChI=1S/C13H20N2O/c1-3-4-5-6-9-15-13(16)12-8-7-10-14-11(12)2/h7-8,10H,3-6,9H2,1-2H3,(H,15,16). The Morgan fingerprint density at radius 1 is 1.38 bits per heavy atom. The van der Waals surface area contributed by atoms with Crippen molar-refractivity contribution in [1.29, 1.82) is 0 Å². The molecule has 0 aliphatic carbocycles. The first-order chi connectivity index (χ1) is 7.75. The maximum atomic E-state index is 11.7. The van der Waals surface area contributed by atoms with E-state index in [1.54, 1.807) is 12.3 Å². The van der Waals surface area contributed by atoms with E-state index in [2.05, 4.69) is 17.2 Å². The summed E-state index contributed by atoms with van der Waals surface area (Å²) < 4.78 is 0. The van der Waals surface area contributed by atoms with Crippen LogP contribution in [-0.2, 0) is 0 Å². The molecule has 1 amide bonds. The normalized spacial score (nSPS) is 10.1. The van der Waals surface area contributed by atoms with Crippen molar-refractivity contribution < 1.29 is 4.79 Å². The molecular formula is C13H20N2O. The largest absolute Gasteiger partial charge is 0.352 e. The smallest absolute Gasteiger partial charge is 0.253 e. The van der Waals surface area contributed by atoms with E-state index in [0.717, 1.165) is 18.7 Å². The zero-order valence-electron chi connectivity index (χ0n) is 10.1. The lowest BCUT2D eigenvalue weighted by molar-refractivity contribution is 0.0952. The second-order valence-corrected chi connectivity index (χ2v) is 3.95. The van der Waals surface area contributed by atoms with Crippen molar-refractivity contribution in [2.45, 2.75) is 39.5 Å². The van der Waals surface area contributed by atoms with Crippen LogP contribution in [0.4, 0.5) is 0 Å². The van der Waals surface area contributed by atoms with Crippen LogP contribution in [-0.4, -0.2) is 17.4 Å². The van der Waals surface area contributed by atoms with Gasteiger partial charge in [0.1, 0.15) is 0 Å². The maximum absolute atomic E-state index is 11.7. The summed E-state index contributed by atoms with van der Waals surface area (Å²) in [6, 6.07) is 3.60. The zero-order valence-corrected chi connectivity index (χ0v) is 10.1. The van der Waals surface area contributed by atoms with Crippen LogP contribution < -0.4 is 5.32 Å². The number of rotatable bonds is 6. The summed E-state index contributed by atoms with van der Waals surface area (Å²) >= 11 is 0. The van der Waals surface area contributed by atoms with Gasteiger partial charge in [-0.05, 0) is 25.5 Å². The Labute approximate surface area is 97.3 Å². The number of pyridine rings is 1. The van der Waals surface area contributed by atoms with Gasteiger partial charge in [0.2, 0.25) is 0 Å². The molecule has 0 aromatic carbocycles. The molecule has 0 fully saturated rings. The Morgan fingerprint density at radius 2 is 2.19 bits per heavy atom. The molecule has 1 N–H and O–H groups in total. The molecule has 0 saturated carbocycles. The van der Waals surface area contributed by atoms with Crippen molar-refractivity contribution in [3.05, 3.63) is 29.6 Å². The fourth-order valence-corrected chi connectivity index (χ4v) is 1.57. The van der Waals surface area contributed by atoms with Gasteiger partial charge >= 0.3 is 0 Å². The van der Waals surface area contributed by atoms with Crippen LogP contribution in [0.2, 0.25) is 0 Å². The summed E-state index contributed by atoms with van der Waals surface area (Å²) in [7, 11) is 0. The van der Waals surface area contributed by atoms with Crippen molar-refractivity contribution >= 4 is 5.91 Å². The molecule has 88 valence electrons. The predicted octanol–water partition coefficient (Wildman–Crippen LogP) is 2.70. The van der Waals surface area contributed by atoms with Crippen molar-refractivity contribution in [3.63, 3.8) is 0 Å². The quantitative estimate of drug-likeness (QED) is 0.749. The van der Waals surface area contributed by atoms with Crippen LogP contribution >= 0.6 is 0 Å². The van der Waals surface area contributed by atoms with E-state index in [9.17, 15) is 4.79 Å². The summed E-state index contributed by atoms with van der Waals surface area (Å²) in [4.78, 5) is 15.8. The highest BCUT2D eigenvalue weighted by molar-refractivity contribution is 5.95. The average molecular weight is 220 g/mol. The first kappa shape index (κ1) is 12.7. The Morgan fingerprint density at radius 3 is 2.88 bits per heavy atom. The molecule has 1 heterocycles. The zero-order chi connectivity index (χ0) is 11.8. The highest BCUT2D eigenvalue weighted by atomic mass is 16.1. The maximum Gasteiger partial charge on any atom is 0.253 e. The van der Waals surface area contributed by atoms with E-state index in [-0.39, 0.29) is 5.91 Å². The molecule has 0 bridgehead atoms. The summed E-state index contributed by atoms with van der Waals surface area (Å²) in [5.41, 5.74) is 1.46. The van der Waals surface area contributed by atoms with E-state index in [0.29, 0.717) is 5.56 Å². The number of aryl methyl sites for hydroxylation is 1. The highest BCUT2D eigenvalue weighted by Gasteiger charge is 2.07. The lowest BCUT2D eigenvalue weighted by Gasteiger charge is -2.06. The number of hydrogen-bond acceptors (Lipinski definition) is 2. The molecule has 1 rings (SSSR count). The van der Waals surface area contributed by atoms with Crippen LogP contribution in [0, 0.1) is 6.92 Å². The van der Waals surface area contributed by atoms with Crippen molar-refractivity contribution in [2.75, 3.05) is 6.54 Å². The number of hydrogen-bond donors (Lipinski definition) is 1. The van der Waals surface area contributed by atoms with Gasteiger partial charge in [-0.2, -0.15) is 0 Å². The molecule has 0 atom stereocenters. The minimum absolute atomic E-state index is 0.0119. The Balaban J connectivity index is 2.33. The van der Waals surface area contributed by atoms with E-state index in [1.165, 1.54) is 19.3 Å². The predicted molar refractivity (Wildman–Crippen MR) is 65.4 cm³/mol. The van der Waals surface area contributed by atoms with Crippen LogP contribution in [0.15, 0.2) is 18.3 Å². The van der Waals surface area contributed by atoms with Crippen LogP contribution in [0.1, 0.15) is 48.7 Å². The van der Waals surface area contributed by atoms with Gasteiger partial charge in [0.05, 0.1) is 5.56 Å². The third kappa shape index (κ3) is 4.01. The van der Waals surface area contributed by atoms with Crippen molar-refractivity contribution in [3.8, 4) is 0 Å². The fraction of sp³-hybridized carbons (Fsp3) is 0.538. The molecule has 0 saturated heterocycles. The highest BCUT2D eigenvalue weighted by Crippen LogP contribution is 2.03. The molecule has 16 heavy (non-hydrogen) atoms. The van der Waals surface area contributed by atoms with Crippen molar-refractivity contribution in [2.24, 2.45) is 0 Å². The van der Waals surface area contributed by atoms with Crippen LogP contribution in [0.5, 0.6) is 0 Å². The Kier molecular flexibility index (Phi) is 5.54. The molecule has 0 aliphatic rings. The van der Waals surface area contributed by atoms with Gasteiger partial charge in [0.25, 0.3) is 5.91 Å². The summed E-state index contributed by atoms with van der Waals surface area (Å²) in [6.45, 7) is 4.79. The molecule has 3 nitrogen and oxygen atoms in total. The monoisotopic (exact) mass is 220 g/mol. The SMILES string of the molecule is CCCCCCNC(=O)c1cccnc1C. The molecule has 1 aromatic heterocycles. The average Bonchev–Trinajstić information content (AvgIpc) is 2.29. The topological polar surface area (TPSA) is 42.0 Å². The summed E-state index contributed by atoms with van der Waals surface area (Å²) in [5.74, 6) is -0.0119. The van der Waals surface area contributed by atoms with Gasteiger partial charge in [-0.15, -0.1) is 0 Å². The molecule has 1 aromatic rings. The van der Waals surface area contributed by atoms with Crippen LogP contribution in [0.3, 0.4) is 0 Å². The lowest BCUT2D eigenvalue weighted by atomic mass is 10.2. The number of amides is 1. The Hall–Kier alpha value is -1.38. The van der Waals surface area contributed by atoms with E-state index in [1.807, 2.05) is 13.0 Å². The van der Waals surface area contributed by atoms with Gasteiger partial charge in [0, 0.05) is 18.4 Å². The lowest BCUT2D eigenvalue weighted by Crippen LogP contribution is -2.25. The third-order valence-corrected chi connectivity index (χ3v) is 2.57. The van der Waals surface area contributed by atoms with E-state index >= 15 is 0 Å². The minimum Gasteiger partial charge on any atom is -0.352 e. The Bertz CT molecular complexity index is 336. The van der Waals surface area contributed by atoms with E-state index < -0.39 is 0 Å². The molecule has 0 aliphatic heterocycles. The second-order valence-electron chi connectivity index (χ2n) is 3.95. The molecular weight excluding hydrogens is 200 g/mol. The summed E-state index contributed by atoms with van der Waals surface area (Å²) in [6.07, 6.45) is 6.40. The minimum atomic E-state index is -0.0119. The molecule has 0 spiro atoms. The van der Waals surface area contributed by atoms with Gasteiger partial charge in [-0.3, -0.25) is 9.78 Å². The van der Waals surface area contributed by atoms with Crippen LogP contribution in [0.25, 0.3) is 0 Å². The molecule has 3 heteroatoms. The van der Waals surface area contributed by atoms with Gasteiger partial charge in [-0.1, -0.05) is 26.2 Å². The van der Waals surface area contributed by atoms with Crippen molar-refractivity contribution in [1.82, 2.24) is 10.3 Å². The number of nitrogens with zero attached hydrogens (tertiary/aromatic N) is 1. The van der Waals surface area contributed by atoms with Gasteiger partial charge < -0.3 is 5.32 Å². The number of carbonyl (C=O) groups excluding carboxylic acids is 1. The number of carbonyl (C=O) groups is 1. The molecule has 0 radical (unpaired) electrons. The van der Waals surface area contributed by atoms with E-state index in [4.69, 9.17) is 0 Å². The van der Waals surface area contributed by atoms with Gasteiger partial charge in [0.15, 0.2) is 0 Å². The first-order valence-electron chi connectivity index (χ1n) is 5.95. The molecule has 0 unspecified atom stereocenters. The third-order valence-electron chi connectivity index (χ3n) is 2.57. The fourth-order valence-electron chi connectivity index (χ4n) is 1.57. The number of unbranched alkanes of at least 4 members (excludes halogenated alkanes) is 3. The van der Waals surface area contributed by atoms with Gasteiger partial charge in [-0.25, -0.2) is 0 Å².